The fraction of sp³-hybridized carbons (Fsp3) is 0.143. The molecule has 0 saturated carbocycles. The number of carbonyl (C=O) groups is 1. The van der Waals surface area contributed by atoms with Crippen molar-refractivity contribution in [1.82, 2.24) is 15.0 Å². The van der Waals surface area contributed by atoms with Gasteiger partial charge in [0.25, 0.3) is 0 Å². The van der Waals surface area contributed by atoms with E-state index < -0.39 is 5.97 Å². The monoisotopic (exact) mass is 300 g/mol. The summed E-state index contributed by atoms with van der Waals surface area (Å²) in [5.41, 5.74) is 3.59. The molecule has 0 saturated heterocycles. The number of rotatable bonds is 4. The van der Waals surface area contributed by atoms with E-state index in [1.165, 1.54) is 6.33 Å². The average molecular weight is 300 g/mol. The first-order chi connectivity index (χ1) is 10.1. The van der Waals surface area contributed by atoms with E-state index in [1.54, 1.807) is 35.0 Å². The molecule has 1 aromatic carbocycles. The maximum atomic E-state index is 11.0. The molecule has 0 atom stereocenters. The fourth-order valence-electron chi connectivity index (χ4n) is 2.11. The lowest BCUT2D eigenvalue weighted by molar-refractivity contribution is 0.0697. The predicted molar refractivity (Wildman–Crippen MR) is 80.7 cm³/mol. The number of fused-ring (bicyclic) bond motifs is 1. The van der Waals surface area contributed by atoms with Crippen molar-refractivity contribution in [2.75, 3.05) is 11.9 Å². The Bertz CT molecular complexity index is 789. The molecule has 0 amide bonds. The number of thiazole rings is 1. The zero-order valence-corrected chi connectivity index (χ0v) is 12.0. The molecule has 0 aliphatic rings. The van der Waals surface area contributed by atoms with E-state index in [1.807, 2.05) is 17.3 Å². The molecular formula is C14H12N4O2S. The Hall–Kier alpha value is -2.54. The zero-order valence-electron chi connectivity index (χ0n) is 11.2. The molecule has 3 aromatic rings. The molecule has 0 bridgehead atoms. The number of aromatic nitrogens is 3. The van der Waals surface area contributed by atoms with Crippen LogP contribution in [0.15, 0.2) is 35.4 Å². The summed E-state index contributed by atoms with van der Waals surface area (Å²) >= 11 is 1.55. The quantitative estimate of drug-likeness (QED) is 0.797. The molecule has 7 heteroatoms. The lowest BCUT2D eigenvalue weighted by Crippen LogP contribution is -2.18. The van der Waals surface area contributed by atoms with E-state index in [0.29, 0.717) is 12.1 Å². The van der Waals surface area contributed by atoms with Crippen LogP contribution in [0.3, 0.4) is 0 Å². The summed E-state index contributed by atoms with van der Waals surface area (Å²) in [5.74, 6) is -0.210. The predicted octanol–water partition coefficient (Wildman–Crippen LogP) is 2.42. The maximum absolute atomic E-state index is 11.0. The summed E-state index contributed by atoms with van der Waals surface area (Å²) in [7, 11) is 1.92. The van der Waals surface area contributed by atoms with Gasteiger partial charge in [0.1, 0.15) is 12.1 Å². The molecule has 2 aromatic heterocycles. The van der Waals surface area contributed by atoms with E-state index in [2.05, 4.69) is 15.0 Å². The van der Waals surface area contributed by atoms with Gasteiger partial charge in [-0.25, -0.2) is 19.7 Å². The second-order valence-corrected chi connectivity index (χ2v) is 5.29. The van der Waals surface area contributed by atoms with Gasteiger partial charge in [0.05, 0.1) is 28.8 Å². The van der Waals surface area contributed by atoms with Gasteiger partial charge >= 0.3 is 5.97 Å². The minimum Gasteiger partial charge on any atom is -0.478 e. The summed E-state index contributed by atoms with van der Waals surface area (Å²) in [6.07, 6.45) is 1.45. The van der Waals surface area contributed by atoms with Crippen LogP contribution in [0.5, 0.6) is 0 Å². The first-order valence-corrected chi connectivity index (χ1v) is 7.15. The Morgan fingerprint density at radius 3 is 2.90 bits per heavy atom. The molecule has 1 N–H and O–H groups in total. The first-order valence-electron chi connectivity index (χ1n) is 6.21. The van der Waals surface area contributed by atoms with Gasteiger partial charge < -0.3 is 10.0 Å². The minimum atomic E-state index is -0.965. The molecule has 0 aliphatic heterocycles. The Kier molecular flexibility index (Phi) is 3.49. The number of anilines is 1. The highest BCUT2D eigenvalue weighted by atomic mass is 32.1. The highest BCUT2D eigenvalue weighted by Crippen LogP contribution is 2.24. The highest BCUT2D eigenvalue weighted by molar-refractivity contribution is 7.07. The van der Waals surface area contributed by atoms with Gasteiger partial charge in [-0.1, -0.05) is 0 Å². The maximum Gasteiger partial charge on any atom is 0.335 e. The van der Waals surface area contributed by atoms with E-state index >= 15 is 0 Å². The van der Waals surface area contributed by atoms with E-state index in [0.717, 1.165) is 16.9 Å². The summed E-state index contributed by atoms with van der Waals surface area (Å²) in [5, 5.41) is 11.8. The van der Waals surface area contributed by atoms with Gasteiger partial charge in [0.15, 0.2) is 0 Å². The molecule has 0 spiro atoms. The Morgan fingerprint density at radius 2 is 2.19 bits per heavy atom. The van der Waals surface area contributed by atoms with E-state index in [-0.39, 0.29) is 5.56 Å². The van der Waals surface area contributed by atoms with Crippen LogP contribution in [0, 0.1) is 0 Å². The molecule has 6 nitrogen and oxygen atoms in total. The van der Waals surface area contributed by atoms with Crippen LogP contribution >= 0.6 is 11.3 Å². The van der Waals surface area contributed by atoms with Crippen molar-refractivity contribution in [2.24, 2.45) is 0 Å². The lowest BCUT2D eigenvalue weighted by Gasteiger charge is -2.18. The summed E-state index contributed by atoms with van der Waals surface area (Å²) < 4.78 is 0. The molecule has 106 valence electrons. The van der Waals surface area contributed by atoms with E-state index in [9.17, 15) is 4.79 Å². The number of nitrogens with zero attached hydrogens (tertiary/aromatic N) is 4. The number of carboxylic acids is 1. The minimum absolute atomic E-state index is 0.217. The van der Waals surface area contributed by atoms with Crippen LogP contribution in [0.25, 0.3) is 10.9 Å². The van der Waals surface area contributed by atoms with Gasteiger partial charge in [0, 0.05) is 17.8 Å². The zero-order chi connectivity index (χ0) is 14.8. The standard InChI is InChI=1S/C14H12N4O2S/c1-18(5-10-6-21-8-17-10)13-11-3-2-9(14(19)20)4-12(11)15-7-16-13/h2-4,6-8H,5H2,1H3,(H,19,20). The van der Waals surface area contributed by atoms with Gasteiger partial charge in [-0.2, -0.15) is 0 Å². The van der Waals surface area contributed by atoms with Crippen molar-refractivity contribution in [3.05, 3.63) is 46.7 Å². The summed E-state index contributed by atoms with van der Waals surface area (Å²) in [6, 6.07) is 4.86. The number of aromatic carboxylic acids is 1. The molecular weight excluding hydrogens is 288 g/mol. The third kappa shape index (κ3) is 2.68. The van der Waals surface area contributed by atoms with Crippen molar-refractivity contribution in [1.29, 1.82) is 0 Å². The largest absolute Gasteiger partial charge is 0.478 e. The number of benzene rings is 1. The SMILES string of the molecule is CN(Cc1cscn1)c1ncnc2cc(C(=O)O)ccc12. The topological polar surface area (TPSA) is 79.2 Å². The van der Waals surface area contributed by atoms with E-state index in [4.69, 9.17) is 5.11 Å². The molecule has 0 aliphatic carbocycles. The van der Waals surface area contributed by atoms with Gasteiger partial charge in [-0.05, 0) is 18.2 Å². The fourth-order valence-corrected chi connectivity index (χ4v) is 2.66. The van der Waals surface area contributed by atoms with Crippen molar-refractivity contribution < 1.29 is 9.90 Å². The van der Waals surface area contributed by atoms with Crippen LogP contribution < -0.4 is 4.90 Å². The van der Waals surface area contributed by atoms with Crippen LogP contribution in [0.4, 0.5) is 5.82 Å². The van der Waals surface area contributed by atoms with Gasteiger partial charge in [-0.3, -0.25) is 0 Å². The smallest absolute Gasteiger partial charge is 0.335 e. The Morgan fingerprint density at radius 1 is 1.33 bits per heavy atom. The molecule has 0 fully saturated rings. The summed E-state index contributed by atoms with van der Waals surface area (Å²) in [4.78, 5) is 25.7. The lowest BCUT2D eigenvalue weighted by atomic mass is 10.1. The number of carboxylic acid groups (broad SMARTS) is 1. The average Bonchev–Trinajstić information content (AvgIpc) is 2.98. The van der Waals surface area contributed by atoms with Gasteiger partial charge in [-0.15, -0.1) is 11.3 Å². The molecule has 0 radical (unpaired) electrons. The van der Waals surface area contributed by atoms with Crippen molar-refractivity contribution in [3.63, 3.8) is 0 Å². The van der Waals surface area contributed by atoms with Crippen LogP contribution in [-0.2, 0) is 6.54 Å². The van der Waals surface area contributed by atoms with Crippen LogP contribution in [-0.4, -0.2) is 33.1 Å². The van der Waals surface area contributed by atoms with Crippen molar-refractivity contribution >= 4 is 34.0 Å². The second kappa shape index (κ2) is 5.45. The van der Waals surface area contributed by atoms with Crippen molar-refractivity contribution in [3.8, 4) is 0 Å². The normalized spacial score (nSPS) is 10.7. The Labute approximate surface area is 124 Å². The molecule has 2 heterocycles. The van der Waals surface area contributed by atoms with Crippen molar-refractivity contribution in [2.45, 2.75) is 6.54 Å². The number of hydrogen-bond donors (Lipinski definition) is 1. The molecule has 3 rings (SSSR count). The number of hydrogen-bond acceptors (Lipinski definition) is 6. The first kappa shape index (κ1) is 13.4. The van der Waals surface area contributed by atoms with Crippen LogP contribution in [0.2, 0.25) is 0 Å². The summed E-state index contributed by atoms with van der Waals surface area (Å²) in [6.45, 7) is 0.635. The Balaban J connectivity index is 2.00. The highest BCUT2D eigenvalue weighted by Gasteiger charge is 2.12. The molecule has 21 heavy (non-hydrogen) atoms. The van der Waals surface area contributed by atoms with Crippen LogP contribution in [0.1, 0.15) is 16.1 Å². The second-order valence-electron chi connectivity index (χ2n) is 4.57. The third-order valence-corrected chi connectivity index (χ3v) is 3.74. The molecule has 0 unspecified atom stereocenters. The van der Waals surface area contributed by atoms with Gasteiger partial charge in [0.2, 0.25) is 0 Å². The third-order valence-electron chi connectivity index (χ3n) is 3.11.